The molecule has 0 spiro atoms. The number of nitro groups is 1. The normalized spacial score (nSPS) is 12.4. The fraction of sp³-hybridized carbons (Fsp3) is 0.273. The highest BCUT2D eigenvalue weighted by atomic mass is 79.9. The average Bonchev–Trinajstić information content (AvgIpc) is 2.86. The molecular weight excluding hydrogens is 319 g/mol. The van der Waals surface area contributed by atoms with Crippen molar-refractivity contribution in [3.63, 3.8) is 0 Å². The highest BCUT2D eigenvalue weighted by Gasteiger charge is 2.21. The van der Waals surface area contributed by atoms with Gasteiger partial charge in [0.2, 0.25) is 0 Å². The SMILES string of the molecule is CCC(Br)c1cn(-c2c(F)cccc2[N+](=O)[O-])nn1. The van der Waals surface area contributed by atoms with Crippen molar-refractivity contribution in [3.8, 4) is 5.69 Å². The molecule has 0 aliphatic rings. The van der Waals surface area contributed by atoms with Crippen LogP contribution in [0.25, 0.3) is 5.69 Å². The summed E-state index contributed by atoms with van der Waals surface area (Å²) in [5, 5.41) is 18.5. The molecule has 2 aromatic rings. The van der Waals surface area contributed by atoms with E-state index in [0.29, 0.717) is 5.69 Å². The molecule has 100 valence electrons. The first-order chi connectivity index (χ1) is 9.04. The number of benzene rings is 1. The summed E-state index contributed by atoms with van der Waals surface area (Å²) < 4.78 is 14.9. The van der Waals surface area contributed by atoms with Crippen molar-refractivity contribution in [1.82, 2.24) is 15.0 Å². The van der Waals surface area contributed by atoms with E-state index >= 15 is 0 Å². The molecule has 1 aromatic heterocycles. The van der Waals surface area contributed by atoms with Crippen LogP contribution in [0.15, 0.2) is 24.4 Å². The Morgan fingerprint density at radius 1 is 1.58 bits per heavy atom. The van der Waals surface area contributed by atoms with Crippen molar-refractivity contribution < 1.29 is 9.31 Å². The Bertz CT molecular complexity index is 616. The van der Waals surface area contributed by atoms with E-state index < -0.39 is 10.7 Å². The smallest absolute Gasteiger partial charge is 0.258 e. The van der Waals surface area contributed by atoms with Gasteiger partial charge in [-0.2, -0.15) is 0 Å². The first-order valence-electron chi connectivity index (χ1n) is 5.54. The van der Waals surface area contributed by atoms with Gasteiger partial charge in [-0.3, -0.25) is 10.1 Å². The summed E-state index contributed by atoms with van der Waals surface area (Å²) in [5.74, 6) is -0.715. The largest absolute Gasteiger partial charge is 0.297 e. The van der Waals surface area contributed by atoms with E-state index in [9.17, 15) is 14.5 Å². The standard InChI is InChI=1S/C11H10BrFN4O2/c1-2-7(12)9-6-16(15-14-9)11-8(13)4-3-5-10(11)17(18)19/h3-7H,2H2,1H3. The zero-order valence-electron chi connectivity index (χ0n) is 9.96. The van der Waals surface area contributed by atoms with E-state index in [1.54, 1.807) is 0 Å². The third kappa shape index (κ3) is 2.62. The van der Waals surface area contributed by atoms with Gasteiger partial charge in [0.05, 0.1) is 21.6 Å². The maximum Gasteiger partial charge on any atom is 0.297 e. The molecule has 1 atom stereocenters. The topological polar surface area (TPSA) is 73.8 Å². The molecule has 0 aliphatic carbocycles. The van der Waals surface area contributed by atoms with Gasteiger partial charge in [0.1, 0.15) is 0 Å². The molecule has 19 heavy (non-hydrogen) atoms. The molecule has 0 N–H and O–H groups in total. The van der Waals surface area contributed by atoms with Gasteiger partial charge in [-0.15, -0.1) is 5.10 Å². The van der Waals surface area contributed by atoms with Crippen LogP contribution in [-0.2, 0) is 0 Å². The van der Waals surface area contributed by atoms with Crippen LogP contribution >= 0.6 is 15.9 Å². The first kappa shape index (κ1) is 13.6. The molecule has 0 fully saturated rings. The molecule has 0 bridgehead atoms. The molecule has 0 aliphatic heterocycles. The number of para-hydroxylation sites is 1. The summed E-state index contributed by atoms with van der Waals surface area (Å²) in [4.78, 5) is 10.2. The van der Waals surface area contributed by atoms with Gasteiger partial charge in [0, 0.05) is 6.07 Å². The highest BCUT2D eigenvalue weighted by Crippen LogP contribution is 2.28. The molecule has 8 heteroatoms. The second-order valence-electron chi connectivity index (χ2n) is 3.83. The van der Waals surface area contributed by atoms with E-state index in [0.717, 1.165) is 17.2 Å². The Balaban J connectivity index is 2.53. The minimum atomic E-state index is -0.715. The quantitative estimate of drug-likeness (QED) is 0.491. The van der Waals surface area contributed by atoms with Crippen molar-refractivity contribution in [3.05, 3.63) is 46.0 Å². The van der Waals surface area contributed by atoms with Crippen LogP contribution < -0.4 is 0 Å². The van der Waals surface area contributed by atoms with Crippen molar-refractivity contribution in [1.29, 1.82) is 0 Å². The van der Waals surface area contributed by atoms with E-state index in [-0.39, 0.29) is 16.2 Å². The van der Waals surface area contributed by atoms with Crippen molar-refractivity contribution in [2.45, 2.75) is 18.2 Å². The number of hydrogen-bond donors (Lipinski definition) is 0. The fourth-order valence-corrected chi connectivity index (χ4v) is 1.83. The second-order valence-corrected chi connectivity index (χ2v) is 4.93. The number of alkyl halides is 1. The predicted octanol–water partition coefficient (Wildman–Crippen LogP) is 3.16. The van der Waals surface area contributed by atoms with Crippen LogP contribution in [0.2, 0.25) is 0 Å². The zero-order valence-corrected chi connectivity index (χ0v) is 11.5. The number of hydrogen-bond acceptors (Lipinski definition) is 4. The highest BCUT2D eigenvalue weighted by molar-refractivity contribution is 9.09. The van der Waals surface area contributed by atoms with Gasteiger partial charge in [-0.25, -0.2) is 9.07 Å². The Morgan fingerprint density at radius 3 is 2.95 bits per heavy atom. The lowest BCUT2D eigenvalue weighted by atomic mass is 10.2. The van der Waals surface area contributed by atoms with Gasteiger partial charge in [0.15, 0.2) is 11.5 Å². The molecular formula is C11H10BrFN4O2. The zero-order chi connectivity index (χ0) is 14.0. The summed E-state index contributed by atoms with van der Waals surface area (Å²) in [6.07, 6.45) is 2.26. The van der Waals surface area contributed by atoms with Crippen molar-refractivity contribution in [2.75, 3.05) is 0 Å². The van der Waals surface area contributed by atoms with Crippen LogP contribution in [0, 0.1) is 15.9 Å². The van der Waals surface area contributed by atoms with E-state index in [2.05, 4.69) is 26.2 Å². The van der Waals surface area contributed by atoms with Crippen molar-refractivity contribution >= 4 is 21.6 Å². The molecule has 2 rings (SSSR count). The molecule has 0 amide bonds. The van der Waals surface area contributed by atoms with Crippen LogP contribution in [-0.4, -0.2) is 19.9 Å². The summed E-state index contributed by atoms with van der Waals surface area (Å²) >= 11 is 3.39. The Hall–Kier alpha value is -1.83. The molecule has 1 unspecified atom stereocenters. The van der Waals surface area contributed by atoms with Gasteiger partial charge < -0.3 is 0 Å². The monoisotopic (exact) mass is 328 g/mol. The summed E-state index contributed by atoms with van der Waals surface area (Å²) in [5.41, 5.74) is 0.0428. The maximum atomic E-state index is 13.8. The lowest BCUT2D eigenvalue weighted by molar-refractivity contribution is -0.384. The molecule has 0 saturated heterocycles. The number of halogens is 2. The average molecular weight is 329 g/mol. The lowest BCUT2D eigenvalue weighted by Gasteiger charge is -2.03. The number of nitro benzene ring substituents is 1. The maximum absolute atomic E-state index is 13.8. The molecule has 0 saturated carbocycles. The van der Waals surface area contributed by atoms with Crippen LogP contribution in [0.5, 0.6) is 0 Å². The summed E-state index contributed by atoms with van der Waals surface area (Å²) in [6.45, 7) is 1.95. The second kappa shape index (κ2) is 5.43. The van der Waals surface area contributed by atoms with Gasteiger partial charge in [-0.05, 0) is 12.5 Å². The number of nitrogens with zero attached hydrogens (tertiary/aromatic N) is 4. The number of rotatable bonds is 4. The first-order valence-corrected chi connectivity index (χ1v) is 6.45. The van der Waals surface area contributed by atoms with E-state index in [1.807, 2.05) is 6.92 Å². The van der Waals surface area contributed by atoms with Gasteiger partial charge in [0.25, 0.3) is 5.69 Å². The Labute approximate surface area is 116 Å². The molecule has 1 aromatic carbocycles. The predicted molar refractivity (Wildman–Crippen MR) is 69.9 cm³/mol. The molecule has 0 radical (unpaired) electrons. The molecule has 6 nitrogen and oxygen atoms in total. The summed E-state index contributed by atoms with van der Waals surface area (Å²) in [6, 6.07) is 3.66. The molecule has 1 heterocycles. The third-order valence-electron chi connectivity index (χ3n) is 2.58. The van der Waals surface area contributed by atoms with Gasteiger partial charge >= 0.3 is 0 Å². The van der Waals surface area contributed by atoms with Crippen LogP contribution in [0.4, 0.5) is 10.1 Å². The minimum Gasteiger partial charge on any atom is -0.258 e. The van der Waals surface area contributed by atoms with Crippen LogP contribution in [0.1, 0.15) is 23.9 Å². The van der Waals surface area contributed by atoms with Crippen LogP contribution in [0.3, 0.4) is 0 Å². The van der Waals surface area contributed by atoms with Crippen molar-refractivity contribution in [2.24, 2.45) is 0 Å². The third-order valence-corrected chi connectivity index (χ3v) is 3.70. The minimum absolute atomic E-state index is 0.0212. The lowest BCUT2D eigenvalue weighted by Crippen LogP contribution is -2.03. The van der Waals surface area contributed by atoms with E-state index in [4.69, 9.17) is 0 Å². The number of aromatic nitrogens is 3. The summed E-state index contributed by atoms with van der Waals surface area (Å²) in [7, 11) is 0. The fourth-order valence-electron chi connectivity index (χ4n) is 1.62. The Kier molecular flexibility index (Phi) is 3.89. The van der Waals surface area contributed by atoms with E-state index in [1.165, 1.54) is 18.3 Å². The Morgan fingerprint density at radius 2 is 2.32 bits per heavy atom. The van der Waals surface area contributed by atoms with Gasteiger partial charge in [-0.1, -0.05) is 34.1 Å².